The second-order valence-corrected chi connectivity index (χ2v) is 11.9. The van der Waals surface area contributed by atoms with Crippen molar-refractivity contribution < 1.29 is 19.1 Å². The van der Waals surface area contributed by atoms with Gasteiger partial charge in [-0.1, -0.05) is 55.8 Å². The van der Waals surface area contributed by atoms with E-state index in [9.17, 15) is 14.4 Å². The zero-order valence-corrected chi connectivity index (χ0v) is 25.5. The van der Waals surface area contributed by atoms with E-state index in [1.54, 1.807) is 37.4 Å². The number of thioether (sulfide) groups is 1. The standard InChI is InChI=1S/C31H45N3O4S/c1-9-10-19-34(29(36)25(18-20-39-8)32-30(37)38-31(5,6)7)27(24-17-12-11-14-21(24)2)28(35)33-26-22(3)15-13-16-23(26)4/h11-17,25,27H,9-10,18-20H2,1-8H3,(H,32,37)(H,33,35). The summed E-state index contributed by atoms with van der Waals surface area (Å²) >= 11 is 1.59. The SMILES string of the molecule is CCCCN(C(=O)C(CCSC)NC(=O)OC(C)(C)C)C(C(=O)Nc1c(C)cccc1C)c1ccccc1C. The van der Waals surface area contributed by atoms with Crippen LogP contribution in [0.1, 0.15) is 75.3 Å². The van der Waals surface area contributed by atoms with E-state index in [0.717, 1.165) is 34.4 Å². The van der Waals surface area contributed by atoms with Gasteiger partial charge in [0.25, 0.3) is 5.91 Å². The predicted octanol–water partition coefficient (Wildman–Crippen LogP) is 6.57. The molecule has 2 unspecified atom stereocenters. The molecule has 214 valence electrons. The molecule has 0 saturated carbocycles. The molecule has 39 heavy (non-hydrogen) atoms. The first kappa shape index (κ1) is 32.2. The third-order valence-electron chi connectivity index (χ3n) is 6.41. The lowest BCUT2D eigenvalue weighted by Crippen LogP contribution is -2.53. The molecule has 0 heterocycles. The van der Waals surface area contributed by atoms with Crippen LogP contribution in [0.4, 0.5) is 10.5 Å². The van der Waals surface area contributed by atoms with Crippen LogP contribution in [0.15, 0.2) is 42.5 Å². The molecule has 0 aliphatic rings. The number of aryl methyl sites for hydroxylation is 3. The largest absolute Gasteiger partial charge is 0.444 e. The molecule has 0 aliphatic heterocycles. The van der Waals surface area contributed by atoms with E-state index < -0.39 is 23.8 Å². The fraction of sp³-hybridized carbons (Fsp3) is 0.516. The summed E-state index contributed by atoms with van der Waals surface area (Å²) in [5, 5.41) is 5.92. The van der Waals surface area contributed by atoms with Crippen molar-refractivity contribution in [3.8, 4) is 0 Å². The Morgan fingerprint density at radius 1 is 0.974 bits per heavy atom. The van der Waals surface area contributed by atoms with Gasteiger partial charge in [0.05, 0.1) is 0 Å². The molecule has 0 aliphatic carbocycles. The molecule has 2 aromatic rings. The third kappa shape index (κ3) is 9.60. The number of carbonyl (C=O) groups is 3. The fourth-order valence-electron chi connectivity index (χ4n) is 4.39. The number of alkyl carbamates (subject to hydrolysis) is 1. The van der Waals surface area contributed by atoms with Crippen molar-refractivity contribution in [1.29, 1.82) is 0 Å². The highest BCUT2D eigenvalue weighted by Gasteiger charge is 2.36. The zero-order chi connectivity index (χ0) is 29.2. The molecular formula is C31H45N3O4S. The van der Waals surface area contributed by atoms with Crippen LogP contribution >= 0.6 is 11.8 Å². The summed E-state index contributed by atoms with van der Waals surface area (Å²) in [5.74, 6) is 0.0811. The van der Waals surface area contributed by atoms with Crippen molar-refractivity contribution in [2.45, 2.75) is 85.4 Å². The third-order valence-corrected chi connectivity index (χ3v) is 7.05. The van der Waals surface area contributed by atoms with Gasteiger partial charge in [0.1, 0.15) is 17.7 Å². The monoisotopic (exact) mass is 555 g/mol. The highest BCUT2D eigenvalue weighted by Crippen LogP contribution is 2.29. The van der Waals surface area contributed by atoms with E-state index >= 15 is 0 Å². The second kappa shape index (κ2) is 15.0. The topological polar surface area (TPSA) is 87.7 Å². The average molecular weight is 556 g/mol. The summed E-state index contributed by atoms with van der Waals surface area (Å²) in [7, 11) is 0. The predicted molar refractivity (Wildman–Crippen MR) is 161 cm³/mol. The maximum atomic E-state index is 14.2. The number of ether oxygens (including phenoxy) is 1. The number of amides is 3. The number of hydrogen-bond acceptors (Lipinski definition) is 5. The molecule has 2 atom stereocenters. The highest BCUT2D eigenvalue weighted by atomic mass is 32.2. The number of anilines is 1. The van der Waals surface area contributed by atoms with Gasteiger partial charge in [-0.15, -0.1) is 0 Å². The summed E-state index contributed by atoms with van der Waals surface area (Å²) in [5.41, 5.74) is 3.61. The van der Waals surface area contributed by atoms with E-state index in [4.69, 9.17) is 4.74 Å². The van der Waals surface area contributed by atoms with Crippen LogP contribution in [-0.2, 0) is 14.3 Å². The Labute approximate surface area is 238 Å². The quantitative estimate of drug-likeness (QED) is 0.309. The molecule has 2 N–H and O–H groups in total. The molecule has 0 radical (unpaired) electrons. The normalized spacial score (nSPS) is 12.8. The summed E-state index contributed by atoms with van der Waals surface area (Å²) < 4.78 is 5.47. The van der Waals surface area contributed by atoms with Gasteiger partial charge in [0.2, 0.25) is 5.91 Å². The van der Waals surface area contributed by atoms with Gasteiger partial charge in [-0.25, -0.2) is 4.79 Å². The second-order valence-electron chi connectivity index (χ2n) is 10.9. The van der Waals surface area contributed by atoms with E-state index in [-0.39, 0.29) is 11.8 Å². The van der Waals surface area contributed by atoms with Gasteiger partial charge in [-0.05, 0) is 88.6 Å². The van der Waals surface area contributed by atoms with Crippen molar-refractivity contribution >= 4 is 35.4 Å². The maximum Gasteiger partial charge on any atom is 0.408 e. The Kier molecular flexibility index (Phi) is 12.4. The van der Waals surface area contributed by atoms with Crippen LogP contribution in [0, 0.1) is 20.8 Å². The molecule has 0 spiro atoms. The molecule has 0 saturated heterocycles. The Balaban J connectivity index is 2.56. The smallest absolute Gasteiger partial charge is 0.408 e. The molecule has 8 heteroatoms. The van der Waals surface area contributed by atoms with E-state index in [1.807, 2.05) is 76.4 Å². The fourth-order valence-corrected chi connectivity index (χ4v) is 4.86. The molecule has 7 nitrogen and oxygen atoms in total. The van der Waals surface area contributed by atoms with Crippen LogP contribution in [-0.4, -0.2) is 53.0 Å². The summed E-state index contributed by atoms with van der Waals surface area (Å²) in [6.07, 6.45) is 3.29. The highest BCUT2D eigenvalue weighted by molar-refractivity contribution is 7.98. The number of unbranched alkanes of at least 4 members (excludes halogenated alkanes) is 1. The summed E-state index contributed by atoms with van der Waals surface area (Å²) in [6.45, 7) is 13.6. The molecular weight excluding hydrogens is 510 g/mol. The minimum Gasteiger partial charge on any atom is -0.444 e. The number of benzene rings is 2. The number of para-hydroxylation sites is 1. The minimum atomic E-state index is -0.874. The first-order chi connectivity index (χ1) is 18.4. The van der Waals surface area contributed by atoms with Gasteiger partial charge < -0.3 is 20.3 Å². The molecule has 2 aromatic carbocycles. The van der Waals surface area contributed by atoms with Crippen molar-refractivity contribution in [3.63, 3.8) is 0 Å². The van der Waals surface area contributed by atoms with E-state index in [0.29, 0.717) is 25.1 Å². The van der Waals surface area contributed by atoms with Crippen molar-refractivity contribution in [2.75, 3.05) is 23.9 Å². The lowest BCUT2D eigenvalue weighted by atomic mass is 9.97. The number of nitrogens with one attached hydrogen (secondary N) is 2. The lowest BCUT2D eigenvalue weighted by Gasteiger charge is -2.35. The number of rotatable bonds is 12. The average Bonchev–Trinajstić information content (AvgIpc) is 2.85. The molecule has 0 bridgehead atoms. The maximum absolute atomic E-state index is 14.2. The minimum absolute atomic E-state index is 0.285. The van der Waals surface area contributed by atoms with Crippen LogP contribution in [0.2, 0.25) is 0 Å². The van der Waals surface area contributed by atoms with E-state index in [1.165, 1.54) is 0 Å². The van der Waals surface area contributed by atoms with Gasteiger partial charge in [-0.3, -0.25) is 9.59 Å². The van der Waals surface area contributed by atoms with E-state index in [2.05, 4.69) is 10.6 Å². The van der Waals surface area contributed by atoms with Gasteiger partial charge in [0.15, 0.2) is 0 Å². The van der Waals surface area contributed by atoms with Crippen molar-refractivity contribution in [1.82, 2.24) is 10.2 Å². The lowest BCUT2D eigenvalue weighted by molar-refractivity contribution is -0.141. The Hall–Kier alpha value is -3.00. The van der Waals surface area contributed by atoms with Crippen LogP contribution < -0.4 is 10.6 Å². The zero-order valence-electron chi connectivity index (χ0n) is 24.7. The molecule has 3 amide bonds. The number of carbonyl (C=O) groups excluding carboxylic acids is 3. The Morgan fingerprint density at radius 2 is 1.59 bits per heavy atom. The van der Waals surface area contributed by atoms with Crippen molar-refractivity contribution in [3.05, 3.63) is 64.7 Å². The number of hydrogen-bond donors (Lipinski definition) is 2. The van der Waals surface area contributed by atoms with Gasteiger partial charge >= 0.3 is 6.09 Å². The molecule has 0 aromatic heterocycles. The van der Waals surface area contributed by atoms with Gasteiger partial charge in [0, 0.05) is 12.2 Å². The molecule has 2 rings (SSSR count). The summed E-state index contributed by atoms with van der Waals surface area (Å²) in [6, 6.07) is 11.8. The Bertz CT molecular complexity index is 1110. The van der Waals surface area contributed by atoms with Crippen LogP contribution in [0.3, 0.4) is 0 Å². The van der Waals surface area contributed by atoms with Gasteiger partial charge in [-0.2, -0.15) is 11.8 Å². The van der Waals surface area contributed by atoms with Crippen LogP contribution in [0.25, 0.3) is 0 Å². The van der Waals surface area contributed by atoms with Crippen molar-refractivity contribution in [2.24, 2.45) is 0 Å². The number of nitrogens with zero attached hydrogens (tertiary/aromatic N) is 1. The first-order valence-electron chi connectivity index (χ1n) is 13.6. The first-order valence-corrected chi connectivity index (χ1v) is 15.0. The Morgan fingerprint density at radius 3 is 2.15 bits per heavy atom. The van der Waals surface area contributed by atoms with Crippen LogP contribution in [0.5, 0.6) is 0 Å². The molecule has 0 fully saturated rings. The summed E-state index contributed by atoms with van der Waals surface area (Å²) in [4.78, 5) is 42.7.